The van der Waals surface area contributed by atoms with Crippen LogP contribution in [0, 0.1) is 0 Å². The molecule has 0 aliphatic carbocycles. The molecule has 5 nitrogen and oxygen atoms in total. The Morgan fingerprint density at radius 1 is 1.48 bits per heavy atom. The second-order valence-electron chi connectivity index (χ2n) is 5.04. The van der Waals surface area contributed by atoms with Crippen molar-refractivity contribution < 1.29 is 19.1 Å². The minimum absolute atomic E-state index is 0.181. The summed E-state index contributed by atoms with van der Waals surface area (Å²) in [7, 11) is 0. The number of fused-ring (bicyclic) bond motifs is 1. The molecule has 1 fully saturated rings. The van der Waals surface area contributed by atoms with Crippen LogP contribution in [0.5, 0.6) is 0 Å². The Morgan fingerprint density at radius 3 is 3.00 bits per heavy atom. The lowest BCUT2D eigenvalue weighted by molar-refractivity contribution is -0.160. The molecule has 0 spiro atoms. The van der Waals surface area contributed by atoms with Crippen molar-refractivity contribution in [3.05, 3.63) is 29.3 Å². The van der Waals surface area contributed by atoms with Crippen molar-refractivity contribution >= 4 is 33.5 Å². The van der Waals surface area contributed by atoms with Crippen molar-refractivity contribution in [2.75, 3.05) is 0 Å². The molecule has 2 aromatic rings. The summed E-state index contributed by atoms with van der Waals surface area (Å²) < 4.78 is 11.2. The van der Waals surface area contributed by atoms with E-state index in [2.05, 4.69) is 4.98 Å². The lowest BCUT2D eigenvalue weighted by Crippen LogP contribution is -2.22. The first-order valence-electron chi connectivity index (χ1n) is 6.86. The Balaban J connectivity index is 1.55. The van der Waals surface area contributed by atoms with Crippen molar-refractivity contribution in [1.82, 2.24) is 4.98 Å². The van der Waals surface area contributed by atoms with E-state index in [0.29, 0.717) is 12.8 Å². The first-order valence-corrected chi connectivity index (χ1v) is 7.68. The molecule has 6 heteroatoms. The van der Waals surface area contributed by atoms with Gasteiger partial charge in [-0.25, -0.2) is 9.78 Å². The molecule has 0 amide bonds. The molecule has 3 rings (SSSR count). The average molecular weight is 305 g/mol. The number of rotatable bonds is 4. The molecule has 0 unspecified atom stereocenters. The SMILES string of the molecule is C[C@H]1C[C@H](OC(=O)CCc2nc3ccccc3s2)C(=O)O1. The van der Waals surface area contributed by atoms with Crippen LogP contribution in [0.15, 0.2) is 24.3 Å². The Hall–Kier alpha value is -1.95. The molecule has 2 heterocycles. The minimum atomic E-state index is -0.747. The van der Waals surface area contributed by atoms with E-state index < -0.39 is 12.1 Å². The molecule has 2 atom stereocenters. The number of hydrogen-bond acceptors (Lipinski definition) is 6. The molecule has 110 valence electrons. The summed E-state index contributed by atoms with van der Waals surface area (Å²) >= 11 is 1.57. The topological polar surface area (TPSA) is 65.5 Å². The number of aromatic nitrogens is 1. The minimum Gasteiger partial charge on any atom is -0.460 e. The zero-order valence-electron chi connectivity index (χ0n) is 11.6. The number of esters is 2. The van der Waals surface area contributed by atoms with Gasteiger partial charge in [-0.15, -0.1) is 11.3 Å². The molecule has 1 aliphatic rings. The number of aryl methyl sites for hydroxylation is 1. The molecule has 0 saturated carbocycles. The lowest BCUT2D eigenvalue weighted by Gasteiger charge is -2.07. The highest BCUT2D eigenvalue weighted by molar-refractivity contribution is 7.18. The van der Waals surface area contributed by atoms with Gasteiger partial charge >= 0.3 is 11.9 Å². The zero-order chi connectivity index (χ0) is 14.8. The lowest BCUT2D eigenvalue weighted by atomic mass is 10.2. The quantitative estimate of drug-likeness (QED) is 0.812. The Kier molecular flexibility index (Phi) is 3.88. The molecule has 1 aromatic heterocycles. The van der Waals surface area contributed by atoms with E-state index in [4.69, 9.17) is 9.47 Å². The highest BCUT2D eigenvalue weighted by Gasteiger charge is 2.34. The van der Waals surface area contributed by atoms with E-state index in [1.54, 1.807) is 18.3 Å². The van der Waals surface area contributed by atoms with E-state index in [0.717, 1.165) is 15.2 Å². The summed E-state index contributed by atoms with van der Waals surface area (Å²) in [5, 5.41) is 0.899. The summed E-state index contributed by atoms with van der Waals surface area (Å²) in [5.41, 5.74) is 0.944. The first-order chi connectivity index (χ1) is 10.1. The molecule has 1 aromatic carbocycles. The standard InChI is InChI=1S/C15H15NO4S/c1-9-8-11(15(18)19-9)20-14(17)7-6-13-16-10-4-2-3-5-12(10)21-13/h2-5,9,11H,6-8H2,1H3/t9-,11-/m0/s1. The summed E-state index contributed by atoms with van der Waals surface area (Å²) in [5.74, 6) is -0.832. The van der Waals surface area contributed by atoms with Crippen LogP contribution in [0.25, 0.3) is 10.2 Å². The summed E-state index contributed by atoms with van der Waals surface area (Å²) in [6.07, 6.45) is 0.251. The van der Waals surface area contributed by atoms with Crippen molar-refractivity contribution in [1.29, 1.82) is 0 Å². The third-order valence-electron chi connectivity index (χ3n) is 3.28. The van der Waals surface area contributed by atoms with Gasteiger partial charge in [0.2, 0.25) is 6.10 Å². The van der Waals surface area contributed by atoms with Crippen LogP contribution in [0.4, 0.5) is 0 Å². The number of thiazole rings is 1. The first kappa shape index (κ1) is 14.0. The van der Waals surface area contributed by atoms with Crippen LogP contribution in [0.1, 0.15) is 24.8 Å². The van der Waals surface area contributed by atoms with Gasteiger partial charge in [-0.2, -0.15) is 0 Å². The van der Waals surface area contributed by atoms with Crippen LogP contribution in [0.3, 0.4) is 0 Å². The van der Waals surface area contributed by atoms with E-state index in [9.17, 15) is 9.59 Å². The summed E-state index contributed by atoms with van der Waals surface area (Å²) in [6, 6.07) is 7.85. The Labute approximate surface area is 125 Å². The van der Waals surface area contributed by atoms with Gasteiger partial charge < -0.3 is 9.47 Å². The maximum Gasteiger partial charge on any atom is 0.347 e. The Bertz CT molecular complexity index is 648. The summed E-state index contributed by atoms with van der Waals surface area (Å²) in [6.45, 7) is 1.78. The average Bonchev–Trinajstić information content (AvgIpc) is 2.99. The predicted octanol–water partition coefficient (Wildman–Crippen LogP) is 2.48. The second-order valence-corrected chi connectivity index (χ2v) is 6.15. The molecule has 0 N–H and O–H groups in total. The van der Waals surface area contributed by atoms with Gasteiger partial charge in [-0.1, -0.05) is 12.1 Å². The van der Waals surface area contributed by atoms with Gasteiger partial charge in [0.15, 0.2) is 0 Å². The molecular weight excluding hydrogens is 290 g/mol. The molecule has 0 bridgehead atoms. The van der Waals surface area contributed by atoms with Crippen molar-refractivity contribution in [2.24, 2.45) is 0 Å². The highest BCUT2D eigenvalue weighted by atomic mass is 32.1. The number of benzene rings is 1. The summed E-state index contributed by atoms with van der Waals surface area (Å²) in [4.78, 5) is 27.7. The third-order valence-corrected chi connectivity index (χ3v) is 4.38. The predicted molar refractivity (Wildman–Crippen MR) is 78.0 cm³/mol. The van der Waals surface area contributed by atoms with Crippen molar-refractivity contribution in [2.45, 2.75) is 38.4 Å². The van der Waals surface area contributed by atoms with Gasteiger partial charge in [0, 0.05) is 12.8 Å². The maximum atomic E-state index is 11.8. The Morgan fingerprint density at radius 2 is 2.29 bits per heavy atom. The van der Waals surface area contributed by atoms with Gasteiger partial charge in [-0.05, 0) is 19.1 Å². The van der Waals surface area contributed by atoms with Crippen LogP contribution in [-0.4, -0.2) is 29.1 Å². The number of para-hydroxylation sites is 1. The fourth-order valence-electron chi connectivity index (χ4n) is 2.27. The van der Waals surface area contributed by atoms with Crippen LogP contribution >= 0.6 is 11.3 Å². The molecule has 1 aliphatic heterocycles. The molecule has 21 heavy (non-hydrogen) atoms. The van der Waals surface area contributed by atoms with Crippen LogP contribution in [-0.2, 0) is 25.5 Å². The molecular formula is C15H15NO4S. The second kappa shape index (κ2) is 5.81. The largest absolute Gasteiger partial charge is 0.460 e. The maximum absolute atomic E-state index is 11.8. The van der Waals surface area contributed by atoms with Crippen LogP contribution < -0.4 is 0 Å². The number of carbonyl (C=O) groups excluding carboxylic acids is 2. The normalized spacial score (nSPS) is 21.5. The van der Waals surface area contributed by atoms with Gasteiger partial charge in [0.25, 0.3) is 0 Å². The number of carbonyl (C=O) groups is 2. The third kappa shape index (κ3) is 3.21. The van der Waals surface area contributed by atoms with Gasteiger partial charge in [0.05, 0.1) is 21.6 Å². The zero-order valence-corrected chi connectivity index (χ0v) is 12.4. The monoisotopic (exact) mass is 305 g/mol. The van der Waals surface area contributed by atoms with E-state index in [1.807, 2.05) is 24.3 Å². The van der Waals surface area contributed by atoms with Gasteiger partial charge in [0.1, 0.15) is 6.10 Å². The smallest absolute Gasteiger partial charge is 0.347 e. The van der Waals surface area contributed by atoms with Crippen molar-refractivity contribution in [3.63, 3.8) is 0 Å². The van der Waals surface area contributed by atoms with E-state index in [1.165, 1.54) is 0 Å². The van der Waals surface area contributed by atoms with Gasteiger partial charge in [-0.3, -0.25) is 4.79 Å². The van der Waals surface area contributed by atoms with E-state index >= 15 is 0 Å². The fraction of sp³-hybridized carbons (Fsp3) is 0.400. The van der Waals surface area contributed by atoms with E-state index in [-0.39, 0.29) is 18.5 Å². The van der Waals surface area contributed by atoms with Crippen LogP contribution in [0.2, 0.25) is 0 Å². The molecule has 1 saturated heterocycles. The number of ether oxygens (including phenoxy) is 2. The number of nitrogens with zero attached hydrogens (tertiary/aromatic N) is 1. The fourth-order valence-corrected chi connectivity index (χ4v) is 3.24. The van der Waals surface area contributed by atoms with Crippen molar-refractivity contribution in [3.8, 4) is 0 Å². The highest BCUT2D eigenvalue weighted by Crippen LogP contribution is 2.23. The number of hydrogen-bond donors (Lipinski definition) is 0. The number of cyclic esters (lactones) is 1. The molecule has 0 radical (unpaired) electrons.